The summed E-state index contributed by atoms with van der Waals surface area (Å²) in [7, 11) is 1.86. The molecule has 0 bridgehead atoms. The fourth-order valence-electron chi connectivity index (χ4n) is 1.09. The number of rotatable bonds is 2. The van der Waals surface area contributed by atoms with Gasteiger partial charge >= 0.3 is 0 Å². The Hall–Kier alpha value is -0.820. The van der Waals surface area contributed by atoms with E-state index >= 15 is 0 Å². The van der Waals surface area contributed by atoms with Gasteiger partial charge in [0, 0.05) is 7.05 Å². The van der Waals surface area contributed by atoms with Crippen LogP contribution in [0.3, 0.4) is 0 Å². The predicted molar refractivity (Wildman–Crippen MR) is 49.6 cm³/mol. The van der Waals surface area contributed by atoms with Gasteiger partial charge in [0.2, 0.25) is 0 Å². The summed E-state index contributed by atoms with van der Waals surface area (Å²) < 4.78 is 2.74. The summed E-state index contributed by atoms with van der Waals surface area (Å²) in [5, 5.41) is 12.8. The molecule has 1 aromatic heterocycles. The molecule has 1 aromatic rings. The van der Waals surface area contributed by atoms with Crippen molar-refractivity contribution in [3.63, 3.8) is 0 Å². The first-order valence-electron chi connectivity index (χ1n) is 3.77. The van der Waals surface area contributed by atoms with Gasteiger partial charge in [0.05, 0.1) is 28.4 Å². The first kappa shape index (κ1) is 9.27. The summed E-state index contributed by atoms with van der Waals surface area (Å²) in [5.74, 6) is 0. The van der Waals surface area contributed by atoms with E-state index in [1.54, 1.807) is 4.68 Å². The van der Waals surface area contributed by atoms with Gasteiger partial charge in [-0.05, 0) is 22.4 Å². The van der Waals surface area contributed by atoms with Crippen LogP contribution in [-0.4, -0.2) is 9.78 Å². The maximum Gasteiger partial charge on any atom is 0.0783 e. The Bertz CT molecular complexity index is 322. The summed E-state index contributed by atoms with van der Waals surface area (Å²) in [4.78, 5) is 0. The highest BCUT2D eigenvalue weighted by atomic mass is 79.9. The van der Waals surface area contributed by atoms with E-state index in [2.05, 4.69) is 27.1 Å². The number of aromatic nitrogens is 2. The van der Waals surface area contributed by atoms with E-state index in [9.17, 15) is 0 Å². The van der Waals surface area contributed by atoms with Crippen molar-refractivity contribution in [2.24, 2.45) is 7.05 Å². The average Bonchev–Trinajstić information content (AvgIpc) is 2.32. The smallest absolute Gasteiger partial charge is 0.0783 e. The first-order chi connectivity index (χ1) is 5.70. The lowest BCUT2D eigenvalue weighted by Gasteiger charge is -1.94. The molecule has 0 spiro atoms. The lowest BCUT2D eigenvalue weighted by molar-refractivity contribution is 0.713. The van der Waals surface area contributed by atoms with Crippen LogP contribution in [-0.2, 0) is 19.9 Å². The average molecular weight is 228 g/mol. The molecule has 0 amide bonds. The molecule has 3 nitrogen and oxygen atoms in total. The summed E-state index contributed by atoms with van der Waals surface area (Å²) in [6.45, 7) is 2.04. The zero-order valence-corrected chi connectivity index (χ0v) is 8.72. The zero-order valence-electron chi connectivity index (χ0n) is 7.13. The Labute approximate surface area is 80.1 Å². The lowest BCUT2D eigenvalue weighted by Crippen LogP contribution is -1.97. The van der Waals surface area contributed by atoms with Crippen LogP contribution in [0.2, 0.25) is 0 Å². The van der Waals surface area contributed by atoms with Gasteiger partial charge in [-0.3, -0.25) is 4.68 Å². The molecule has 1 rings (SSSR count). The fraction of sp³-hybridized carbons (Fsp3) is 0.500. The standard InChI is InChI=1S/C8H10BrN3/c1-3-6-8(9)7(4-5-10)12(2)11-6/h3-4H2,1-2H3. The molecule has 12 heavy (non-hydrogen) atoms. The summed E-state index contributed by atoms with van der Waals surface area (Å²) in [5.41, 5.74) is 1.97. The van der Waals surface area contributed by atoms with Crippen molar-refractivity contribution in [3.05, 3.63) is 15.9 Å². The van der Waals surface area contributed by atoms with E-state index in [0.29, 0.717) is 6.42 Å². The normalized spacial score (nSPS) is 9.83. The van der Waals surface area contributed by atoms with Crippen molar-refractivity contribution < 1.29 is 0 Å². The molecule has 0 radical (unpaired) electrons. The highest BCUT2D eigenvalue weighted by Gasteiger charge is 2.10. The second-order valence-electron chi connectivity index (χ2n) is 2.52. The summed E-state index contributed by atoms with van der Waals surface area (Å²) >= 11 is 3.43. The Morgan fingerprint density at radius 1 is 1.67 bits per heavy atom. The van der Waals surface area contributed by atoms with Crippen molar-refractivity contribution in [1.29, 1.82) is 5.26 Å². The third kappa shape index (κ3) is 1.51. The largest absolute Gasteiger partial charge is 0.270 e. The van der Waals surface area contributed by atoms with Crippen LogP contribution in [0.4, 0.5) is 0 Å². The third-order valence-electron chi connectivity index (χ3n) is 1.75. The van der Waals surface area contributed by atoms with Crippen LogP contribution >= 0.6 is 15.9 Å². The molecular weight excluding hydrogens is 218 g/mol. The Kier molecular flexibility index (Phi) is 2.88. The van der Waals surface area contributed by atoms with Gasteiger partial charge in [-0.2, -0.15) is 10.4 Å². The van der Waals surface area contributed by atoms with E-state index in [1.807, 2.05) is 14.0 Å². The van der Waals surface area contributed by atoms with Crippen molar-refractivity contribution in [2.75, 3.05) is 0 Å². The number of hydrogen-bond donors (Lipinski definition) is 0. The molecule has 0 aliphatic heterocycles. The maximum absolute atomic E-state index is 8.54. The van der Waals surface area contributed by atoms with E-state index in [4.69, 9.17) is 5.26 Å². The molecule has 0 N–H and O–H groups in total. The Balaban J connectivity index is 3.11. The predicted octanol–water partition coefficient (Wildman–Crippen LogP) is 1.81. The molecule has 0 aliphatic carbocycles. The van der Waals surface area contributed by atoms with Gasteiger partial charge in [0.1, 0.15) is 0 Å². The summed E-state index contributed by atoms with van der Waals surface area (Å²) in [6.07, 6.45) is 1.30. The van der Waals surface area contributed by atoms with Gasteiger partial charge < -0.3 is 0 Å². The minimum Gasteiger partial charge on any atom is -0.270 e. The molecule has 0 aliphatic rings. The minimum atomic E-state index is 0.407. The van der Waals surface area contributed by atoms with Crippen LogP contribution in [0.25, 0.3) is 0 Å². The molecule has 1 heterocycles. The monoisotopic (exact) mass is 227 g/mol. The van der Waals surface area contributed by atoms with Crippen LogP contribution in [0.15, 0.2) is 4.47 Å². The van der Waals surface area contributed by atoms with Crippen molar-refractivity contribution in [3.8, 4) is 6.07 Å². The number of hydrogen-bond acceptors (Lipinski definition) is 2. The van der Waals surface area contributed by atoms with E-state index in [-0.39, 0.29) is 0 Å². The molecule has 0 atom stereocenters. The van der Waals surface area contributed by atoms with Gasteiger partial charge in [-0.15, -0.1) is 0 Å². The number of halogens is 1. The lowest BCUT2D eigenvalue weighted by atomic mass is 10.2. The van der Waals surface area contributed by atoms with Crippen molar-refractivity contribution in [1.82, 2.24) is 9.78 Å². The minimum absolute atomic E-state index is 0.407. The molecule has 4 heteroatoms. The Morgan fingerprint density at radius 3 is 2.75 bits per heavy atom. The van der Waals surface area contributed by atoms with Crippen molar-refractivity contribution >= 4 is 15.9 Å². The van der Waals surface area contributed by atoms with Gasteiger partial charge in [-0.25, -0.2) is 0 Å². The Morgan fingerprint density at radius 2 is 2.33 bits per heavy atom. The molecular formula is C8H10BrN3. The molecule has 0 fully saturated rings. The van der Waals surface area contributed by atoms with Gasteiger partial charge in [-0.1, -0.05) is 6.92 Å². The second-order valence-corrected chi connectivity index (χ2v) is 3.31. The highest BCUT2D eigenvalue weighted by molar-refractivity contribution is 9.10. The number of nitriles is 1. The van der Waals surface area contributed by atoms with Gasteiger partial charge in [0.25, 0.3) is 0 Å². The SMILES string of the molecule is CCc1nn(C)c(CC#N)c1Br. The van der Waals surface area contributed by atoms with Crippen LogP contribution in [0.1, 0.15) is 18.3 Å². The molecule has 0 aromatic carbocycles. The molecule has 0 saturated heterocycles. The highest BCUT2D eigenvalue weighted by Crippen LogP contribution is 2.21. The third-order valence-corrected chi connectivity index (χ3v) is 2.66. The second kappa shape index (κ2) is 3.72. The van der Waals surface area contributed by atoms with E-state index < -0.39 is 0 Å². The first-order valence-corrected chi connectivity index (χ1v) is 4.57. The van der Waals surface area contributed by atoms with Crippen LogP contribution in [0, 0.1) is 11.3 Å². The van der Waals surface area contributed by atoms with Gasteiger partial charge in [0.15, 0.2) is 0 Å². The summed E-state index contributed by atoms with van der Waals surface area (Å²) in [6, 6.07) is 2.11. The van der Waals surface area contributed by atoms with Crippen molar-refractivity contribution in [2.45, 2.75) is 19.8 Å². The fourth-order valence-corrected chi connectivity index (χ4v) is 1.84. The zero-order chi connectivity index (χ0) is 9.14. The van der Waals surface area contributed by atoms with Crippen LogP contribution < -0.4 is 0 Å². The topological polar surface area (TPSA) is 41.6 Å². The molecule has 0 saturated carbocycles. The van der Waals surface area contributed by atoms with Crippen LogP contribution in [0.5, 0.6) is 0 Å². The quantitative estimate of drug-likeness (QED) is 0.774. The van der Waals surface area contributed by atoms with E-state index in [1.165, 1.54) is 0 Å². The number of aryl methyl sites for hydroxylation is 2. The molecule has 64 valence electrons. The number of nitrogens with zero attached hydrogens (tertiary/aromatic N) is 3. The molecule has 0 unspecified atom stereocenters. The van der Waals surface area contributed by atoms with E-state index in [0.717, 1.165) is 22.3 Å². The maximum atomic E-state index is 8.54.